The third kappa shape index (κ3) is 4.60. The van der Waals surface area contributed by atoms with E-state index in [-0.39, 0.29) is 12.4 Å². The molecule has 3 heteroatoms. The van der Waals surface area contributed by atoms with E-state index in [0.717, 1.165) is 5.92 Å². The van der Waals surface area contributed by atoms with Gasteiger partial charge in [-0.15, -0.1) is 12.4 Å². The van der Waals surface area contributed by atoms with Crippen LogP contribution in [0.4, 0.5) is 0 Å². The monoisotopic (exact) mass is 246 g/mol. The molecule has 0 aromatic rings. The van der Waals surface area contributed by atoms with Crippen molar-refractivity contribution in [1.29, 1.82) is 0 Å². The van der Waals surface area contributed by atoms with Crippen LogP contribution in [0.2, 0.25) is 0 Å². The number of halogens is 1. The Bertz CT molecular complexity index is 181. The fraction of sp³-hybridized carbons (Fsp3) is 1.00. The molecular weight excluding hydrogens is 220 g/mol. The minimum atomic E-state index is 0. The topological polar surface area (TPSA) is 15.3 Å². The van der Waals surface area contributed by atoms with Crippen molar-refractivity contribution < 1.29 is 0 Å². The Morgan fingerprint density at radius 3 is 2.62 bits per heavy atom. The summed E-state index contributed by atoms with van der Waals surface area (Å²) in [5, 5.41) is 3.51. The lowest BCUT2D eigenvalue weighted by Gasteiger charge is -2.33. The molecule has 2 rings (SSSR count). The number of rotatable bonds is 3. The Hall–Kier alpha value is 0.210. The first-order valence-corrected chi connectivity index (χ1v) is 6.80. The summed E-state index contributed by atoms with van der Waals surface area (Å²) >= 11 is 0. The first-order chi connectivity index (χ1) is 7.34. The molecule has 0 aromatic carbocycles. The number of nitrogens with zero attached hydrogens (tertiary/aromatic N) is 1. The normalized spacial score (nSPS) is 28.7. The molecule has 1 heterocycles. The molecule has 0 bridgehead atoms. The zero-order chi connectivity index (χ0) is 10.5. The quantitative estimate of drug-likeness (QED) is 0.824. The second-order valence-electron chi connectivity index (χ2n) is 5.45. The zero-order valence-electron chi connectivity index (χ0n) is 10.6. The summed E-state index contributed by atoms with van der Waals surface area (Å²) in [6.07, 6.45) is 8.92. The highest BCUT2D eigenvalue weighted by Gasteiger charge is 2.18. The summed E-state index contributed by atoms with van der Waals surface area (Å²) in [5.41, 5.74) is 0. The van der Waals surface area contributed by atoms with E-state index in [2.05, 4.69) is 17.1 Å². The largest absolute Gasteiger partial charge is 0.312 e. The first-order valence-electron chi connectivity index (χ1n) is 6.80. The molecule has 1 saturated carbocycles. The molecule has 1 atom stereocenters. The average molecular weight is 247 g/mol. The van der Waals surface area contributed by atoms with Crippen molar-refractivity contribution in [2.45, 2.75) is 51.5 Å². The lowest BCUT2D eigenvalue weighted by molar-refractivity contribution is 0.185. The number of hydrogen-bond donors (Lipinski definition) is 1. The highest BCUT2D eigenvalue weighted by molar-refractivity contribution is 5.85. The minimum Gasteiger partial charge on any atom is -0.312 e. The minimum absolute atomic E-state index is 0. The summed E-state index contributed by atoms with van der Waals surface area (Å²) in [6, 6.07) is 0.699. The van der Waals surface area contributed by atoms with Crippen LogP contribution in [0.1, 0.15) is 45.4 Å². The van der Waals surface area contributed by atoms with Crippen molar-refractivity contribution in [1.82, 2.24) is 10.2 Å². The van der Waals surface area contributed by atoms with Crippen molar-refractivity contribution in [2.75, 3.05) is 26.2 Å². The van der Waals surface area contributed by atoms with Crippen LogP contribution in [0, 0.1) is 5.92 Å². The number of hydrogen-bond acceptors (Lipinski definition) is 2. The Morgan fingerprint density at radius 2 is 1.94 bits per heavy atom. The maximum absolute atomic E-state index is 3.51. The molecule has 1 aliphatic heterocycles. The molecule has 1 N–H and O–H groups in total. The van der Waals surface area contributed by atoms with Gasteiger partial charge in [-0.2, -0.15) is 0 Å². The van der Waals surface area contributed by atoms with Crippen molar-refractivity contribution in [2.24, 2.45) is 5.92 Å². The van der Waals surface area contributed by atoms with E-state index in [1.165, 1.54) is 64.7 Å². The van der Waals surface area contributed by atoms with Crippen LogP contribution in [-0.4, -0.2) is 37.1 Å². The second kappa shape index (κ2) is 7.52. The first kappa shape index (κ1) is 14.3. The molecule has 1 aliphatic carbocycles. The zero-order valence-corrected chi connectivity index (χ0v) is 11.4. The second-order valence-corrected chi connectivity index (χ2v) is 5.45. The summed E-state index contributed by atoms with van der Waals surface area (Å²) in [6.45, 7) is 7.35. The third-order valence-electron chi connectivity index (χ3n) is 4.03. The lowest BCUT2D eigenvalue weighted by atomic mass is 9.87. The average Bonchev–Trinajstić information content (AvgIpc) is 2.28. The Morgan fingerprint density at radius 1 is 1.19 bits per heavy atom. The lowest BCUT2D eigenvalue weighted by Crippen LogP contribution is -2.49. The van der Waals surface area contributed by atoms with E-state index >= 15 is 0 Å². The fourth-order valence-electron chi connectivity index (χ4n) is 3.06. The molecule has 1 saturated heterocycles. The van der Waals surface area contributed by atoms with Gasteiger partial charge in [0.15, 0.2) is 0 Å². The van der Waals surface area contributed by atoms with Gasteiger partial charge in [0.2, 0.25) is 0 Å². The molecule has 0 radical (unpaired) electrons. The van der Waals surface area contributed by atoms with E-state index in [1.807, 2.05) is 0 Å². The smallest absolute Gasteiger partial charge is 0.0167 e. The van der Waals surface area contributed by atoms with Gasteiger partial charge in [-0.05, 0) is 25.8 Å². The highest BCUT2D eigenvalue weighted by atomic mass is 35.5. The van der Waals surface area contributed by atoms with Crippen LogP contribution in [0.3, 0.4) is 0 Å². The molecule has 2 aliphatic rings. The van der Waals surface area contributed by atoms with Gasteiger partial charge in [0.1, 0.15) is 0 Å². The maximum Gasteiger partial charge on any atom is 0.0167 e. The van der Waals surface area contributed by atoms with Crippen molar-refractivity contribution in [3.05, 3.63) is 0 Å². The van der Waals surface area contributed by atoms with Gasteiger partial charge in [-0.1, -0.05) is 32.1 Å². The standard InChI is InChI=1S/C13H26N2.ClH/c1-12-11-15(10-8-14-12)9-7-13-5-3-2-4-6-13;/h12-14H,2-11H2,1H3;1H. The van der Waals surface area contributed by atoms with Gasteiger partial charge in [0.25, 0.3) is 0 Å². The molecular formula is C13H27ClN2. The molecule has 2 nitrogen and oxygen atoms in total. The van der Waals surface area contributed by atoms with Gasteiger partial charge >= 0.3 is 0 Å². The van der Waals surface area contributed by atoms with Crippen LogP contribution in [0.25, 0.3) is 0 Å². The molecule has 0 spiro atoms. The molecule has 0 amide bonds. The predicted octanol–water partition coefficient (Wildman–Crippen LogP) is 2.67. The summed E-state index contributed by atoms with van der Waals surface area (Å²) in [5.74, 6) is 1.05. The van der Waals surface area contributed by atoms with Crippen LogP contribution in [0.15, 0.2) is 0 Å². The van der Waals surface area contributed by atoms with Crippen molar-refractivity contribution in [3.63, 3.8) is 0 Å². The van der Waals surface area contributed by atoms with Crippen LogP contribution in [-0.2, 0) is 0 Å². The van der Waals surface area contributed by atoms with Gasteiger partial charge < -0.3 is 10.2 Å². The Balaban J connectivity index is 0.00000128. The molecule has 96 valence electrons. The maximum atomic E-state index is 3.51. The van der Waals surface area contributed by atoms with E-state index in [4.69, 9.17) is 0 Å². The fourth-order valence-corrected chi connectivity index (χ4v) is 3.06. The Labute approximate surface area is 107 Å². The van der Waals surface area contributed by atoms with Gasteiger partial charge in [0.05, 0.1) is 0 Å². The van der Waals surface area contributed by atoms with E-state index in [1.54, 1.807) is 0 Å². The highest BCUT2D eigenvalue weighted by Crippen LogP contribution is 2.26. The summed E-state index contributed by atoms with van der Waals surface area (Å²) < 4.78 is 0. The number of piperazine rings is 1. The summed E-state index contributed by atoms with van der Waals surface area (Å²) in [7, 11) is 0. The predicted molar refractivity (Wildman–Crippen MR) is 72.3 cm³/mol. The molecule has 1 unspecified atom stereocenters. The van der Waals surface area contributed by atoms with Gasteiger partial charge in [-0.25, -0.2) is 0 Å². The van der Waals surface area contributed by atoms with E-state index in [0.29, 0.717) is 6.04 Å². The molecule has 0 aromatic heterocycles. The van der Waals surface area contributed by atoms with E-state index < -0.39 is 0 Å². The van der Waals surface area contributed by atoms with Crippen molar-refractivity contribution in [3.8, 4) is 0 Å². The van der Waals surface area contributed by atoms with Gasteiger partial charge in [0, 0.05) is 25.7 Å². The Kier molecular flexibility index (Phi) is 6.71. The van der Waals surface area contributed by atoms with Crippen LogP contribution in [0.5, 0.6) is 0 Å². The molecule has 2 fully saturated rings. The van der Waals surface area contributed by atoms with Gasteiger partial charge in [-0.3, -0.25) is 0 Å². The molecule has 16 heavy (non-hydrogen) atoms. The van der Waals surface area contributed by atoms with E-state index in [9.17, 15) is 0 Å². The third-order valence-corrected chi connectivity index (χ3v) is 4.03. The summed E-state index contributed by atoms with van der Waals surface area (Å²) in [4.78, 5) is 2.65. The number of nitrogens with one attached hydrogen (secondary N) is 1. The van der Waals surface area contributed by atoms with Crippen molar-refractivity contribution >= 4 is 12.4 Å². The van der Waals surface area contributed by atoms with Crippen LogP contribution >= 0.6 is 12.4 Å². The van der Waals surface area contributed by atoms with Crippen LogP contribution < -0.4 is 5.32 Å². The SMILES string of the molecule is CC1CN(CCC2CCCCC2)CCN1.Cl.